The number of hydrogen-bond donors (Lipinski definition) is 2. The van der Waals surface area contributed by atoms with Crippen LogP contribution in [0.5, 0.6) is 0 Å². The number of H-pyrrole nitrogens is 1. The maximum Gasteiger partial charge on any atom is 0.451 e. The first-order chi connectivity index (χ1) is 19.9. The predicted octanol–water partition coefficient (Wildman–Crippen LogP) is 5.68. The number of carboxylic acid groups (broad SMARTS) is 1. The summed E-state index contributed by atoms with van der Waals surface area (Å²) in [6, 6.07) is 8.33. The van der Waals surface area contributed by atoms with Gasteiger partial charge in [-0.3, -0.25) is 13.8 Å². The van der Waals surface area contributed by atoms with E-state index in [0.29, 0.717) is 34.7 Å². The number of anilines is 1. The summed E-state index contributed by atoms with van der Waals surface area (Å²) in [5.41, 5.74) is -1.07. The average molecular weight is 631 g/mol. The van der Waals surface area contributed by atoms with Crippen molar-refractivity contribution in [3.8, 4) is 0 Å². The minimum Gasteiger partial charge on any atom is -0.483 e. The second-order valence-electron chi connectivity index (χ2n) is 9.83. The van der Waals surface area contributed by atoms with E-state index in [1.54, 1.807) is 31.2 Å². The normalized spacial score (nSPS) is 22.3. The minimum absolute atomic E-state index is 0.0502. The van der Waals surface area contributed by atoms with Crippen LogP contribution in [-0.2, 0) is 27.4 Å². The number of nitrogens with one attached hydrogen (secondary N) is 1. The maximum absolute atomic E-state index is 14.9. The molecule has 3 unspecified atom stereocenters. The van der Waals surface area contributed by atoms with Gasteiger partial charge in [0.1, 0.15) is 16.8 Å². The van der Waals surface area contributed by atoms with Gasteiger partial charge in [0.15, 0.2) is 11.4 Å². The molecule has 226 valence electrons. The van der Waals surface area contributed by atoms with E-state index < -0.39 is 39.9 Å². The Hall–Kier alpha value is -3.52. The molecule has 15 heteroatoms. The van der Waals surface area contributed by atoms with E-state index >= 15 is 0 Å². The van der Waals surface area contributed by atoms with Crippen LogP contribution in [0, 0.1) is 5.92 Å². The molecule has 0 radical (unpaired) electrons. The molecule has 0 bridgehead atoms. The zero-order valence-corrected chi connectivity index (χ0v) is 23.9. The Morgan fingerprint density at radius 1 is 1.24 bits per heavy atom. The number of pyridine rings is 1. The van der Waals surface area contributed by atoms with Crippen molar-refractivity contribution in [2.45, 2.75) is 38.0 Å². The Balaban J connectivity index is 0.000000182. The molecule has 6 rings (SSSR count). The van der Waals surface area contributed by atoms with E-state index in [2.05, 4.69) is 15.0 Å². The molecule has 0 spiro atoms. The van der Waals surface area contributed by atoms with Gasteiger partial charge in [0, 0.05) is 52.9 Å². The van der Waals surface area contributed by atoms with E-state index in [1.807, 2.05) is 4.90 Å². The lowest BCUT2D eigenvalue weighted by Crippen LogP contribution is -2.42. The van der Waals surface area contributed by atoms with Gasteiger partial charge >= 0.3 is 6.18 Å². The highest BCUT2D eigenvalue weighted by Crippen LogP contribution is 2.40. The topological polar surface area (TPSA) is 129 Å². The molecule has 3 aromatic heterocycles. The number of nitrogens with zero attached hydrogens (tertiary/aromatic N) is 3. The lowest BCUT2D eigenvalue weighted by molar-refractivity contribution is -0.144. The third-order valence-corrected chi connectivity index (χ3v) is 8.84. The summed E-state index contributed by atoms with van der Waals surface area (Å²) in [4.78, 5) is 31.7. The number of fused-ring (bicyclic) bond motifs is 3. The summed E-state index contributed by atoms with van der Waals surface area (Å²) in [6.45, 7) is 2.79. The minimum atomic E-state index is -4.58. The van der Waals surface area contributed by atoms with Crippen LogP contribution in [0.2, 0.25) is 5.02 Å². The van der Waals surface area contributed by atoms with Gasteiger partial charge in [0.05, 0.1) is 10.6 Å². The quantitative estimate of drug-likeness (QED) is 0.214. The van der Waals surface area contributed by atoms with Crippen molar-refractivity contribution >= 4 is 56.8 Å². The van der Waals surface area contributed by atoms with Crippen molar-refractivity contribution in [3.05, 3.63) is 63.3 Å². The highest BCUT2D eigenvalue weighted by Gasteiger charge is 2.44. The number of rotatable bonds is 2. The maximum atomic E-state index is 14.9. The fourth-order valence-electron chi connectivity index (χ4n) is 5.02. The van der Waals surface area contributed by atoms with Crippen molar-refractivity contribution in [1.82, 2.24) is 15.0 Å². The summed E-state index contributed by atoms with van der Waals surface area (Å²) < 4.78 is 71.4. The van der Waals surface area contributed by atoms with Crippen LogP contribution in [0.25, 0.3) is 22.1 Å². The lowest BCUT2D eigenvalue weighted by atomic mass is 9.83. The number of para-hydroxylation sites is 1. The summed E-state index contributed by atoms with van der Waals surface area (Å²) >= 11 is 5.78. The lowest BCUT2D eigenvalue weighted by Gasteiger charge is -2.34. The second-order valence-corrected chi connectivity index (χ2v) is 11.9. The van der Waals surface area contributed by atoms with Crippen LogP contribution in [0.3, 0.4) is 0 Å². The summed E-state index contributed by atoms with van der Waals surface area (Å²) in [5.74, 6) is -0.758. The molecule has 9 nitrogen and oxygen atoms in total. The first kappa shape index (κ1) is 31.4. The molecule has 0 saturated carbocycles. The first-order valence-corrected chi connectivity index (χ1v) is 14.8. The highest BCUT2D eigenvalue weighted by atomic mass is 35.5. The molecular weight excluding hydrogens is 604 g/mol. The standard InChI is InChI=1S/C15H12F3N3O.C11H13ClFNO2S.CH2O2/c16-15(17,18)14-19-11-9-5-1-2-6-10(9)22-12(11)13(20-14)21-7-3-4-8-21;1-7-6-17(16)3-2-11(7,13)9-4-8(12)5-14-10(9)15;2-1-3/h1-2,5-6H,3-4,7-8H2;4-5,7H,2-3,6H2,1H3,(H,14,15);1H,(H,2,3). The van der Waals surface area contributed by atoms with Gasteiger partial charge in [-0.05, 0) is 37.5 Å². The van der Waals surface area contributed by atoms with Crippen LogP contribution in [0.4, 0.5) is 23.4 Å². The number of furan rings is 1. The van der Waals surface area contributed by atoms with Gasteiger partial charge in [-0.15, -0.1) is 0 Å². The fraction of sp³-hybridized carbons (Fsp3) is 0.407. The monoisotopic (exact) mass is 630 g/mol. The number of benzene rings is 1. The Kier molecular flexibility index (Phi) is 9.56. The number of carbonyl (C=O) groups is 1. The van der Waals surface area contributed by atoms with E-state index in [0.717, 1.165) is 12.8 Å². The van der Waals surface area contributed by atoms with Gasteiger partial charge in [-0.25, -0.2) is 14.4 Å². The van der Waals surface area contributed by atoms with Crippen LogP contribution in [0.1, 0.15) is 37.6 Å². The molecule has 1 aromatic carbocycles. The molecule has 4 aromatic rings. The SMILES string of the molecule is CC1CS(=O)CCC1(F)c1cc(Cl)c[nH]c1=O.FC(F)(F)c1nc(N2CCCC2)c2oc3ccccc3c2n1.O=CO. The third-order valence-electron chi connectivity index (χ3n) is 7.09. The zero-order chi connectivity index (χ0) is 30.7. The highest BCUT2D eigenvalue weighted by molar-refractivity contribution is 7.85. The average Bonchev–Trinajstić information content (AvgIpc) is 3.61. The molecule has 2 aliphatic heterocycles. The van der Waals surface area contributed by atoms with Gasteiger partial charge in [0.2, 0.25) is 5.82 Å². The number of halogens is 5. The van der Waals surface area contributed by atoms with Crippen LogP contribution < -0.4 is 10.5 Å². The molecule has 2 aliphatic rings. The van der Waals surface area contributed by atoms with Crippen molar-refractivity contribution in [1.29, 1.82) is 0 Å². The van der Waals surface area contributed by atoms with Gasteiger partial charge in [-0.1, -0.05) is 30.7 Å². The van der Waals surface area contributed by atoms with Crippen LogP contribution in [-0.4, -0.2) is 55.3 Å². The molecule has 2 saturated heterocycles. The molecule has 5 heterocycles. The molecule has 0 amide bonds. The molecule has 2 fully saturated rings. The smallest absolute Gasteiger partial charge is 0.451 e. The zero-order valence-electron chi connectivity index (χ0n) is 22.3. The van der Waals surface area contributed by atoms with E-state index in [9.17, 15) is 26.6 Å². The molecule has 3 atom stereocenters. The fourth-order valence-corrected chi connectivity index (χ4v) is 6.69. The Labute approximate surface area is 244 Å². The van der Waals surface area contributed by atoms with E-state index in [4.69, 9.17) is 25.9 Å². The van der Waals surface area contributed by atoms with E-state index in [1.165, 1.54) is 12.3 Å². The van der Waals surface area contributed by atoms with Crippen molar-refractivity contribution < 1.29 is 36.1 Å². The summed E-state index contributed by atoms with van der Waals surface area (Å²) in [6.07, 6.45) is -1.27. The van der Waals surface area contributed by atoms with Gasteiger partial charge in [0.25, 0.3) is 12.0 Å². The summed E-state index contributed by atoms with van der Waals surface area (Å²) in [5, 5.41) is 7.77. The van der Waals surface area contributed by atoms with Crippen molar-refractivity contribution in [2.24, 2.45) is 5.92 Å². The molecule has 0 aliphatic carbocycles. The largest absolute Gasteiger partial charge is 0.483 e. The predicted molar refractivity (Wildman–Crippen MR) is 151 cm³/mol. The second kappa shape index (κ2) is 12.8. The number of aromatic amines is 1. The Bertz CT molecular complexity index is 1660. The van der Waals surface area contributed by atoms with Gasteiger partial charge in [-0.2, -0.15) is 13.2 Å². The number of aromatic nitrogens is 3. The Morgan fingerprint density at radius 2 is 1.90 bits per heavy atom. The summed E-state index contributed by atoms with van der Waals surface area (Å²) in [7, 11) is -0.988. The van der Waals surface area contributed by atoms with Crippen molar-refractivity contribution in [2.75, 3.05) is 29.5 Å². The molecule has 2 N–H and O–H groups in total. The molecule has 42 heavy (non-hydrogen) atoms. The first-order valence-electron chi connectivity index (χ1n) is 12.9. The third kappa shape index (κ3) is 6.59. The van der Waals surface area contributed by atoms with Crippen LogP contribution >= 0.6 is 11.6 Å². The Morgan fingerprint density at radius 3 is 2.55 bits per heavy atom. The van der Waals surface area contributed by atoms with Crippen LogP contribution in [0.15, 0.2) is 45.7 Å². The number of alkyl halides is 4. The van der Waals surface area contributed by atoms with Gasteiger partial charge < -0.3 is 19.4 Å². The molecular formula is C27H27ClF4N4O5S. The van der Waals surface area contributed by atoms with E-state index in [-0.39, 0.29) is 41.3 Å². The van der Waals surface area contributed by atoms with Crippen molar-refractivity contribution in [3.63, 3.8) is 0 Å². The number of hydrogen-bond acceptors (Lipinski definition) is 7.